The van der Waals surface area contributed by atoms with Gasteiger partial charge in [0.15, 0.2) is 5.70 Å². The van der Waals surface area contributed by atoms with Crippen LogP contribution < -0.4 is 0 Å². The lowest BCUT2D eigenvalue weighted by atomic mass is 10.0. The van der Waals surface area contributed by atoms with E-state index in [1.165, 1.54) is 11.3 Å². The van der Waals surface area contributed by atoms with Crippen molar-refractivity contribution in [3.05, 3.63) is 76.1 Å². The van der Waals surface area contributed by atoms with Gasteiger partial charge in [0.2, 0.25) is 5.90 Å². The van der Waals surface area contributed by atoms with Gasteiger partial charge in [-0.1, -0.05) is 48.5 Å². The van der Waals surface area contributed by atoms with Crippen LogP contribution in [0.2, 0.25) is 0 Å². The number of esters is 1. The highest BCUT2D eigenvalue weighted by molar-refractivity contribution is 7.12. The van der Waals surface area contributed by atoms with Crippen molar-refractivity contribution < 1.29 is 9.53 Å². The van der Waals surface area contributed by atoms with E-state index in [1.807, 2.05) is 60.0 Å². The summed E-state index contributed by atoms with van der Waals surface area (Å²) >= 11 is 1.50. The fourth-order valence-corrected chi connectivity index (χ4v) is 3.09. The summed E-state index contributed by atoms with van der Waals surface area (Å²) in [5, 5.41) is 4.15. The molecule has 0 unspecified atom stereocenters. The summed E-state index contributed by atoms with van der Waals surface area (Å²) in [5.41, 5.74) is 1.29. The largest absolute Gasteiger partial charge is 0.401 e. The number of rotatable bonds is 2. The van der Waals surface area contributed by atoms with E-state index in [0.29, 0.717) is 11.6 Å². The topological polar surface area (TPSA) is 38.7 Å². The number of benzene rings is 2. The molecule has 0 bridgehead atoms. The molecule has 0 radical (unpaired) electrons. The molecule has 0 amide bonds. The van der Waals surface area contributed by atoms with Gasteiger partial charge in [0.25, 0.3) is 0 Å². The number of fused-ring (bicyclic) bond motifs is 1. The minimum atomic E-state index is -0.406. The number of carbonyl (C=O) groups excluding carboxylic acids is 1. The van der Waals surface area contributed by atoms with E-state index in [0.717, 1.165) is 21.2 Å². The van der Waals surface area contributed by atoms with Crippen molar-refractivity contribution in [2.45, 2.75) is 0 Å². The Balaban J connectivity index is 1.80. The number of aliphatic imine (C=N–C) groups is 1. The predicted molar refractivity (Wildman–Crippen MR) is 88.9 cm³/mol. The number of carbonyl (C=O) groups is 1. The minimum Gasteiger partial charge on any atom is -0.401 e. The Kier molecular flexibility index (Phi) is 3.09. The first-order chi connectivity index (χ1) is 10.8. The molecule has 22 heavy (non-hydrogen) atoms. The standard InChI is InChI=1S/C18H11NO2S/c20-18-15(19-17(21-18)16-9-4-10-22-16)11-13-7-3-6-12-5-1-2-8-14(12)13/h1-11H/b15-11+. The van der Waals surface area contributed by atoms with Crippen LogP contribution in [0.1, 0.15) is 10.4 Å². The van der Waals surface area contributed by atoms with Crippen LogP contribution in [0.3, 0.4) is 0 Å². The summed E-state index contributed by atoms with van der Waals surface area (Å²) in [7, 11) is 0. The third kappa shape index (κ3) is 2.23. The Morgan fingerprint density at radius 1 is 1.00 bits per heavy atom. The molecule has 0 saturated heterocycles. The number of hydrogen-bond donors (Lipinski definition) is 0. The molecule has 1 aromatic heterocycles. The second kappa shape index (κ2) is 5.24. The van der Waals surface area contributed by atoms with Crippen LogP contribution in [0.5, 0.6) is 0 Å². The molecule has 1 aliphatic heterocycles. The number of hydrogen-bond acceptors (Lipinski definition) is 4. The van der Waals surface area contributed by atoms with Crippen molar-refractivity contribution in [1.82, 2.24) is 0 Å². The van der Waals surface area contributed by atoms with Crippen molar-refractivity contribution in [2.24, 2.45) is 4.99 Å². The van der Waals surface area contributed by atoms with Crippen molar-refractivity contribution in [3.63, 3.8) is 0 Å². The zero-order valence-corrected chi connectivity index (χ0v) is 12.3. The SMILES string of the molecule is O=C1OC(c2cccs2)=N/C1=C/c1cccc2ccccc12. The lowest BCUT2D eigenvalue weighted by Gasteiger charge is -2.01. The molecule has 3 aromatic rings. The molecule has 0 aliphatic carbocycles. The van der Waals surface area contributed by atoms with Crippen LogP contribution in [0.15, 0.2) is 70.7 Å². The number of ether oxygens (including phenoxy) is 1. The smallest absolute Gasteiger partial charge is 0.363 e. The highest BCUT2D eigenvalue weighted by Crippen LogP contribution is 2.25. The molecule has 0 fully saturated rings. The zero-order chi connectivity index (χ0) is 14.9. The van der Waals surface area contributed by atoms with Crippen LogP contribution in [-0.2, 0) is 9.53 Å². The average Bonchev–Trinajstić information content (AvgIpc) is 3.18. The first-order valence-electron chi connectivity index (χ1n) is 6.85. The van der Waals surface area contributed by atoms with E-state index >= 15 is 0 Å². The van der Waals surface area contributed by atoms with Gasteiger partial charge in [0, 0.05) is 0 Å². The van der Waals surface area contributed by atoms with Crippen molar-refractivity contribution in [3.8, 4) is 0 Å². The van der Waals surface area contributed by atoms with Gasteiger partial charge in [0.05, 0.1) is 4.88 Å². The summed E-state index contributed by atoms with van der Waals surface area (Å²) in [4.78, 5) is 17.2. The van der Waals surface area contributed by atoms with Crippen LogP contribution in [0.4, 0.5) is 0 Å². The lowest BCUT2D eigenvalue weighted by molar-refractivity contribution is -0.129. The Hall–Kier alpha value is -2.72. The monoisotopic (exact) mass is 305 g/mol. The molecule has 0 atom stereocenters. The Labute approximate surface area is 131 Å². The van der Waals surface area contributed by atoms with E-state index < -0.39 is 5.97 Å². The summed E-state index contributed by atoms with van der Waals surface area (Å²) in [6.45, 7) is 0. The maximum Gasteiger partial charge on any atom is 0.363 e. The van der Waals surface area contributed by atoms with Gasteiger partial charge in [-0.15, -0.1) is 11.3 Å². The Morgan fingerprint density at radius 2 is 1.86 bits per heavy atom. The molecule has 1 aliphatic rings. The summed E-state index contributed by atoms with van der Waals surface area (Å²) in [6, 6.07) is 17.8. The molecule has 3 nitrogen and oxygen atoms in total. The number of cyclic esters (lactones) is 1. The Morgan fingerprint density at radius 3 is 2.73 bits per heavy atom. The molecular weight excluding hydrogens is 294 g/mol. The molecule has 0 spiro atoms. The van der Waals surface area contributed by atoms with Gasteiger partial charge in [-0.2, -0.15) is 0 Å². The summed E-state index contributed by atoms with van der Waals surface area (Å²) in [6.07, 6.45) is 1.78. The lowest BCUT2D eigenvalue weighted by Crippen LogP contribution is -2.03. The van der Waals surface area contributed by atoms with Crippen LogP contribution in [0, 0.1) is 0 Å². The zero-order valence-electron chi connectivity index (χ0n) is 11.5. The van der Waals surface area contributed by atoms with Crippen LogP contribution in [0.25, 0.3) is 16.8 Å². The number of thiophene rings is 1. The van der Waals surface area contributed by atoms with E-state index in [2.05, 4.69) is 4.99 Å². The van der Waals surface area contributed by atoms with Crippen LogP contribution in [-0.4, -0.2) is 11.9 Å². The second-order valence-electron chi connectivity index (χ2n) is 4.88. The van der Waals surface area contributed by atoms with Crippen molar-refractivity contribution in [1.29, 1.82) is 0 Å². The maximum absolute atomic E-state index is 12.0. The third-order valence-electron chi connectivity index (χ3n) is 3.47. The van der Waals surface area contributed by atoms with Gasteiger partial charge in [-0.25, -0.2) is 9.79 Å². The van der Waals surface area contributed by atoms with Gasteiger partial charge in [-0.05, 0) is 33.9 Å². The van der Waals surface area contributed by atoms with Gasteiger partial charge in [-0.3, -0.25) is 0 Å². The average molecular weight is 305 g/mol. The molecule has 2 aromatic carbocycles. The maximum atomic E-state index is 12.0. The van der Waals surface area contributed by atoms with Crippen molar-refractivity contribution in [2.75, 3.05) is 0 Å². The molecular formula is C18H11NO2S. The summed E-state index contributed by atoms with van der Waals surface area (Å²) < 4.78 is 5.26. The quantitative estimate of drug-likeness (QED) is 0.524. The van der Waals surface area contributed by atoms with Gasteiger partial charge in [0.1, 0.15) is 0 Å². The van der Waals surface area contributed by atoms with Crippen LogP contribution >= 0.6 is 11.3 Å². The molecule has 4 rings (SSSR count). The first-order valence-corrected chi connectivity index (χ1v) is 7.73. The predicted octanol–water partition coefficient (Wildman–Crippen LogP) is 4.25. The second-order valence-corrected chi connectivity index (χ2v) is 5.83. The van der Waals surface area contributed by atoms with Gasteiger partial charge < -0.3 is 4.74 Å². The fraction of sp³-hybridized carbons (Fsp3) is 0. The fourth-order valence-electron chi connectivity index (χ4n) is 2.44. The van der Waals surface area contributed by atoms with E-state index in [4.69, 9.17) is 4.74 Å². The first kappa shape index (κ1) is 13.0. The van der Waals surface area contributed by atoms with E-state index in [9.17, 15) is 4.79 Å². The highest BCUT2D eigenvalue weighted by Gasteiger charge is 2.24. The van der Waals surface area contributed by atoms with Crippen molar-refractivity contribution >= 4 is 40.1 Å². The Bertz CT molecular complexity index is 918. The molecule has 0 N–H and O–H groups in total. The highest BCUT2D eigenvalue weighted by atomic mass is 32.1. The van der Waals surface area contributed by atoms with E-state index in [1.54, 1.807) is 6.08 Å². The molecule has 2 heterocycles. The molecule has 4 heteroatoms. The van der Waals surface area contributed by atoms with Gasteiger partial charge >= 0.3 is 5.97 Å². The number of nitrogens with zero attached hydrogens (tertiary/aromatic N) is 1. The summed E-state index contributed by atoms with van der Waals surface area (Å²) in [5.74, 6) is -0.0252. The molecule has 106 valence electrons. The normalized spacial score (nSPS) is 16.1. The minimum absolute atomic E-state index is 0.333. The third-order valence-corrected chi connectivity index (χ3v) is 4.33. The molecule has 0 saturated carbocycles. The van der Waals surface area contributed by atoms with E-state index in [-0.39, 0.29) is 0 Å².